The third-order valence-electron chi connectivity index (χ3n) is 8.30. The molecule has 0 saturated carbocycles. The Morgan fingerprint density at radius 1 is 0.914 bits per heavy atom. The first-order valence-corrected chi connectivity index (χ1v) is 15.4. The topological polar surface area (TPSA) is 16.4 Å². The van der Waals surface area contributed by atoms with E-state index in [2.05, 4.69) is 56.5 Å². The molecule has 3 aromatic rings. The highest BCUT2D eigenvalue weighted by Crippen LogP contribution is 2.56. The van der Waals surface area contributed by atoms with E-state index in [1.807, 2.05) is 48.2 Å². The molecule has 2 atom stereocenters. The van der Waals surface area contributed by atoms with Gasteiger partial charge in [-0.25, -0.2) is 0 Å². The van der Waals surface area contributed by atoms with E-state index in [0.717, 1.165) is 51.9 Å². The van der Waals surface area contributed by atoms with E-state index in [1.165, 1.54) is 0 Å². The summed E-state index contributed by atoms with van der Waals surface area (Å²) in [5.41, 5.74) is 7.57. The van der Waals surface area contributed by atoms with Crippen LogP contribution in [0.15, 0.2) is 65.1 Å². The van der Waals surface area contributed by atoms with Gasteiger partial charge in [0.15, 0.2) is 0 Å². The molecule has 2 unspecified atom stereocenters. The molecule has 2 aliphatic rings. The SMILES string of the molecule is CC[Si](C#CC(F)(F)C1CC(c2ccc(C)o2)N1C1c2ccccc2-c2ccccc21)(CC)CC. The van der Waals surface area contributed by atoms with Crippen molar-refractivity contribution in [3.05, 3.63) is 83.3 Å². The summed E-state index contributed by atoms with van der Waals surface area (Å²) in [6.45, 7) is 8.20. The summed E-state index contributed by atoms with van der Waals surface area (Å²) in [5.74, 6) is 0.996. The van der Waals surface area contributed by atoms with Crippen LogP contribution in [0.1, 0.15) is 61.9 Å². The van der Waals surface area contributed by atoms with Gasteiger partial charge in [0.1, 0.15) is 19.6 Å². The lowest BCUT2D eigenvalue weighted by atomic mass is 9.82. The third-order valence-corrected chi connectivity index (χ3v) is 13.0. The highest BCUT2D eigenvalue weighted by atomic mass is 28.3. The van der Waals surface area contributed by atoms with Gasteiger partial charge in [-0.2, -0.15) is 8.78 Å². The van der Waals surface area contributed by atoms with Gasteiger partial charge in [-0.1, -0.05) is 69.3 Å². The molecule has 5 heteroatoms. The molecule has 1 saturated heterocycles. The summed E-state index contributed by atoms with van der Waals surface area (Å²) < 4.78 is 37.8. The molecule has 0 spiro atoms. The van der Waals surface area contributed by atoms with Crippen molar-refractivity contribution in [2.45, 2.75) is 76.3 Å². The van der Waals surface area contributed by atoms with Gasteiger partial charge < -0.3 is 4.42 Å². The molecule has 1 fully saturated rings. The zero-order chi connectivity index (χ0) is 24.8. The molecule has 1 aliphatic carbocycles. The Kier molecular flexibility index (Phi) is 6.23. The molecule has 182 valence electrons. The Labute approximate surface area is 208 Å². The molecular formula is C30H33F2NOSi. The van der Waals surface area contributed by atoms with Gasteiger partial charge in [-0.05, 0) is 71.8 Å². The van der Waals surface area contributed by atoms with Gasteiger partial charge >= 0.3 is 5.92 Å². The van der Waals surface area contributed by atoms with Gasteiger partial charge in [-0.3, -0.25) is 4.90 Å². The van der Waals surface area contributed by atoms with Crippen molar-refractivity contribution in [1.82, 2.24) is 4.90 Å². The van der Waals surface area contributed by atoms with Crippen LogP contribution in [-0.2, 0) is 0 Å². The summed E-state index contributed by atoms with van der Waals surface area (Å²) in [4.78, 5) is 1.98. The first kappa shape index (κ1) is 24.0. The van der Waals surface area contributed by atoms with E-state index >= 15 is 8.78 Å². The van der Waals surface area contributed by atoms with Gasteiger partial charge in [0.2, 0.25) is 0 Å². The summed E-state index contributed by atoms with van der Waals surface area (Å²) in [6, 6.07) is 21.5. The largest absolute Gasteiger partial charge is 0.465 e. The third kappa shape index (κ3) is 3.97. The maximum absolute atomic E-state index is 15.9. The van der Waals surface area contributed by atoms with E-state index < -0.39 is 20.0 Å². The van der Waals surface area contributed by atoms with E-state index in [-0.39, 0.29) is 12.1 Å². The minimum Gasteiger partial charge on any atom is -0.465 e. The summed E-state index contributed by atoms with van der Waals surface area (Å²) >= 11 is 0. The minimum absolute atomic E-state index is 0.212. The second-order valence-corrected chi connectivity index (χ2v) is 14.9. The molecule has 1 aromatic heterocycles. The van der Waals surface area contributed by atoms with E-state index in [1.54, 1.807) is 0 Å². The van der Waals surface area contributed by atoms with Crippen LogP contribution in [0.3, 0.4) is 0 Å². The quantitative estimate of drug-likeness (QED) is 0.256. The van der Waals surface area contributed by atoms with E-state index in [4.69, 9.17) is 4.42 Å². The number of fused-ring (bicyclic) bond motifs is 3. The molecule has 0 bridgehead atoms. The number of hydrogen-bond acceptors (Lipinski definition) is 2. The number of hydrogen-bond donors (Lipinski definition) is 0. The fourth-order valence-electron chi connectivity index (χ4n) is 5.89. The Morgan fingerprint density at radius 2 is 1.49 bits per heavy atom. The Bertz CT molecular complexity index is 1230. The van der Waals surface area contributed by atoms with Crippen molar-refractivity contribution in [1.29, 1.82) is 0 Å². The first-order valence-electron chi connectivity index (χ1n) is 12.8. The maximum Gasteiger partial charge on any atom is 0.322 e. The van der Waals surface area contributed by atoms with Crippen LogP contribution < -0.4 is 0 Å². The van der Waals surface area contributed by atoms with E-state index in [9.17, 15) is 0 Å². The van der Waals surface area contributed by atoms with Gasteiger partial charge in [0.25, 0.3) is 0 Å². The van der Waals surface area contributed by atoms with Crippen LogP contribution in [-0.4, -0.2) is 24.9 Å². The summed E-state index contributed by atoms with van der Waals surface area (Å²) in [7, 11) is -1.99. The Balaban J connectivity index is 1.59. The van der Waals surface area contributed by atoms with Gasteiger partial charge in [0, 0.05) is 0 Å². The molecule has 5 rings (SSSR count). The number of halogens is 2. The first-order chi connectivity index (χ1) is 16.8. The average Bonchev–Trinajstić information content (AvgIpc) is 3.41. The standard InChI is InChI=1S/C30H33F2NOSi/c1-5-35(6-2,7-3)19-18-30(31,32)28-20-26(27-17-16-21(4)34-27)33(28)29-24-14-10-8-12-22(24)23-13-9-11-15-25(23)29/h8-17,26,28-29H,5-7,20H2,1-4H3. The van der Waals surface area contributed by atoms with Crippen molar-refractivity contribution in [3.63, 3.8) is 0 Å². The average molecular weight is 490 g/mol. The fraction of sp³-hybridized carbons (Fsp3) is 0.400. The second-order valence-electron chi connectivity index (χ2n) is 9.95. The Morgan fingerprint density at radius 3 is 2.00 bits per heavy atom. The number of alkyl halides is 2. The van der Waals surface area contributed by atoms with Crippen LogP contribution >= 0.6 is 0 Å². The zero-order valence-electron chi connectivity index (χ0n) is 20.9. The molecule has 0 N–H and O–H groups in total. The molecule has 35 heavy (non-hydrogen) atoms. The number of aryl methyl sites for hydroxylation is 1. The smallest absolute Gasteiger partial charge is 0.322 e. The maximum atomic E-state index is 15.9. The van der Waals surface area contributed by atoms with Crippen molar-refractivity contribution in [2.24, 2.45) is 0 Å². The summed E-state index contributed by atoms with van der Waals surface area (Å²) in [6.07, 6.45) is 0.328. The summed E-state index contributed by atoms with van der Waals surface area (Å²) in [5, 5.41) is 0. The zero-order valence-corrected chi connectivity index (χ0v) is 21.9. The Hall–Kier alpha value is -2.68. The normalized spacial score (nSPS) is 20.1. The number of benzene rings is 2. The minimum atomic E-state index is -3.09. The number of likely N-dealkylation sites (tertiary alicyclic amines) is 1. The lowest BCUT2D eigenvalue weighted by Crippen LogP contribution is -2.59. The molecule has 0 amide bonds. The van der Waals surface area contributed by atoms with Crippen LogP contribution in [0, 0.1) is 18.4 Å². The molecule has 1 aliphatic heterocycles. The van der Waals surface area contributed by atoms with Crippen molar-refractivity contribution in [3.8, 4) is 22.6 Å². The van der Waals surface area contributed by atoms with E-state index in [0.29, 0.717) is 6.42 Å². The molecule has 0 radical (unpaired) electrons. The predicted molar refractivity (Wildman–Crippen MR) is 140 cm³/mol. The monoisotopic (exact) mass is 489 g/mol. The van der Waals surface area contributed by atoms with Crippen molar-refractivity contribution >= 4 is 8.07 Å². The number of rotatable bonds is 6. The highest BCUT2D eigenvalue weighted by Gasteiger charge is 2.57. The van der Waals surface area contributed by atoms with Gasteiger partial charge in [0.05, 0.1) is 18.1 Å². The van der Waals surface area contributed by atoms with Gasteiger partial charge in [-0.15, -0.1) is 5.54 Å². The van der Waals surface area contributed by atoms with Crippen molar-refractivity contribution in [2.75, 3.05) is 0 Å². The van der Waals surface area contributed by atoms with Crippen molar-refractivity contribution < 1.29 is 13.2 Å². The molecule has 2 heterocycles. The number of nitrogens with zero attached hydrogens (tertiary/aromatic N) is 1. The molecule has 2 aromatic carbocycles. The molecule has 2 nitrogen and oxygen atoms in total. The lowest BCUT2D eigenvalue weighted by Gasteiger charge is -2.52. The molecular weight excluding hydrogens is 456 g/mol. The van der Waals surface area contributed by atoms with Crippen LogP contribution in [0.2, 0.25) is 18.1 Å². The fourth-order valence-corrected chi connectivity index (χ4v) is 8.35. The van der Waals surface area contributed by atoms with Crippen LogP contribution in [0.25, 0.3) is 11.1 Å². The predicted octanol–water partition coefficient (Wildman–Crippen LogP) is 8.16. The van der Waals surface area contributed by atoms with Crippen LogP contribution in [0.4, 0.5) is 8.78 Å². The number of furan rings is 1. The van der Waals surface area contributed by atoms with Crippen LogP contribution in [0.5, 0.6) is 0 Å². The lowest BCUT2D eigenvalue weighted by molar-refractivity contribution is -0.135. The second kappa shape index (κ2) is 9.08. The highest BCUT2D eigenvalue weighted by molar-refractivity contribution is 6.87.